The Bertz CT molecular complexity index is 434. The van der Waals surface area contributed by atoms with Crippen LogP contribution >= 0.6 is 0 Å². The van der Waals surface area contributed by atoms with Gasteiger partial charge in [0.25, 0.3) is 0 Å². The lowest BCUT2D eigenvalue weighted by Gasteiger charge is -2.42. The average Bonchev–Trinajstić information content (AvgIpc) is 2.25. The minimum absolute atomic E-state index is 0.169. The van der Waals surface area contributed by atoms with E-state index in [9.17, 15) is 0 Å². The highest BCUT2D eigenvalue weighted by Crippen LogP contribution is 2.26. The maximum Gasteiger partial charge on any atom is 0.223 e. The van der Waals surface area contributed by atoms with Crippen molar-refractivity contribution in [2.75, 3.05) is 36.1 Å². The van der Waals surface area contributed by atoms with Crippen molar-refractivity contribution in [1.29, 1.82) is 0 Å². The Kier molecular flexibility index (Phi) is 3.30. The maximum absolute atomic E-state index is 5.88. The van der Waals surface area contributed by atoms with Crippen LogP contribution in [0.15, 0.2) is 6.07 Å². The monoisotopic (exact) mass is 251 g/mol. The molecule has 1 aliphatic rings. The highest BCUT2D eigenvalue weighted by Gasteiger charge is 2.32. The number of ether oxygens (including phenoxy) is 1. The number of hydrogen-bond acceptors (Lipinski definition) is 6. The molecule has 2 heterocycles. The number of rotatable bonds is 2. The van der Waals surface area contributed by atoms with Gasteiger partial charge in [-0.15, -0.1) is 0 Å². The molecule has 3 N–H and O–H groups in total. The Labute approximate surface area is 108 Å². The van der Waals surface area contributed by atoms with E-state index < -0.39 is 0 Å². The van der Waals surface area contributed by atoms with E-state index in [-0.39, 0.29) is 17.7 Å². The van der Waals surface area contributed by atoms with Crippen molar-refractivity contribution in [1.82, 2.24) is 9.97 Å². The van der Waals surface area contributed by atoms with E-state index in [0.717, 1.165) is 24.7 Å². The average molecular weight is 251 g/mol. The molecule has 0 saturated carbocycles. The molecule has 1 unspecified atom stereocenters. The molecule has 1 fully saturated rings. The number of morpholine rings is 1. The second kappa shape index (κ2) is 4.61. The van der Waals surface area contributed by atoms with Crippen molar-refractivity contribution >= 4 is 17.6 Å². The lowest BCUT2D eigenvalue weighted by molar-refractivity contribution is -0.0751. The van der Waals surface area contributed by atoms with Gasteiger partial charge in [-0.3, -0.25) is 0 Å². The third-order valence-electron chi connectivity index (χ3n) is 2.88. The Morgan fingerprint density at radius 2 is 2.22 bits per heavy atom. The summed E-state index contributed by atoms with van der Waals surface area (Å²) in [4.78, 5) is 10.6. The van der Waals surface area contributed by atoms with E-state index in [1.165, 1.54) is 0 Å². The Morgan fingerprint density at radius 3 is 2.83 bits per heavy atom. The first-order chi connectivity index (χ1) is 8.39. The molecule has 18 heavy (non-hydrogen) atoms. The van der Waals surface area contributed by atoms with Crippen LogP contribution in [-0.4, -0.2) is 41.8 Å². The summed E-state index contributed by atoms with van der Waals surface area (Å²) in [6, 6.07) is 1.91. The van der Waals surface area contributed by atoms with Crippen molar-refractivity contribution in [3.8, 4) is 0 Å². The summed E-state index contributed by atoms with van der Waals surface area (Å²) < 4.78 is 5.88. The zero-order valence-electron chi connectivity index (χ0n) is 11.4. The van der Waals surface area contributed by atoms with Crippen LogP contribution in [-0.2, 0) is 4.74 Å². The van der Waals surface area contributed by atoms with Crippen molar-refractivity contribution in [2.45, 2.75) is 32.5 Å². The molecule has 0 aromatic carbocycles. The summed E-state index contributed by atoms with van der Waals surface area (Å²) >= 11 is 0. The van der Waals surface area contributed by atoms with Crippen LogP contribution in [0.3, 0.4) is 0 Å². The number of anilines is 3. The van der Waals surface area contributed by atoms with Crippen LogP contribution < -0.4 is 16.0 Å². The predicted octanol–water partition coefficient (Wildman–Crippen LogP) is 1.10. The molecule has 1 atom stereocenters. The third kappa shape index (κ3) is 2.81. The molecular weight excluding hydrogens is 230 g/mol. The molecule has 2 rings (SSSR count). The van der Waals surface area contributed by atoms with Crippen LogP contribution in [0.4, 0.5) is 17.6 Å². The quantitative estimate of drug-likeness (QED) is 0.820. The molecule has 1 aliphatic heterocycles. The number of nitrogens with zero attached hydrogens (tertiary/aromatic N) is 3. The summed E-state index contributed by atoms with van der Waals surface area (Å²) in [6.07, 6.45) is 0.169. The van der Waals surface area contributed by atoms with Crippen molar-refractivity contribution < 1.29 is 4.74 Å². The van der Waals surface area contributed by atoms with E-state index in [0.29, 0.717) is 0 Å². The predicted molar refractivity (Wildman–Crippen MR) is 72.8 cm³/mol. The first-order valence-corrected chi connectivity index (χ1v) is 6.15. The summed E-state index contributed by atoms with van der Waals surface area (Å²) in [5, 5.41) is 2.99. The molecule has 1 saturated heterocycles. The highest BCUT2D eigenvalue weighted by atomic mass is 16.5. The molecule has 1 aromatic rings. The zero-order valence-corrected chi connectivity index (χ0v) is 11.4. The second-order valence-corrected chi connectivity index (χ2v) is 5.29. The van der Waals surface area contributed by atoms with E-state index in [4.69, 9.17) is 10.5 Å². The van der Waals surface area contributed by atoms with Crippen LogP contribution in [0, 0.1) is 0 Å². The van der Waals surface area contributed by atoms with Gasteiger partial charge in [-0.05, 0) is 20.8 Å². The summed E-state index contributed by atoms with van der Waals surface area (Å²) in [5.74, 6) is 1.86. The first-order valence-electron chi connectivity index (χ1n) is 6.15. The van der Waals surface area contributed by atoms with Gasteiger partial charge in [-0.1, -0.05) is 0 Å². The number of nitrogens with one attached hydrogen (secondary N) is 1. The minimum atomic E-state index is -0.183. The number of aromatic nitrogens is 2. The van der Waals surface area contributed by atoms with Crippen molar-refractivity contribution in [3.05, 3.63) is 6.07 Å². The van der Waals surface area contributed by atoms with Gasteiger partial charge in [0.1, 0.15) is 11.6 Å². The lowest BCUT2D eigenvalue weighted by atomic mass is 10.1. The van der Waals surface area contributed by atoms with Gasteiger partial charge in [-0.25, -0.2) is 0 Å². The molecule has 1 aromatic heterocycles. The standard InChI is InChI=1S/C12H21N5O/c1-8-6-17(7-12(2,3)18-8)10-5-9(14-4)15-11(13)16-10/h5,8H,6-7H2,1-4H3,(H3,13,14,15,16). The fourth-order valence-corrected chi connectivity index (χ4v) is 2.37. The molecule has 6 nitrogen and oxygen atoms in total. The smallest absolute Gasteiger partial charge is 0.223 e. The van der Waals surface area contributed by atoms with Crippen LogP contribution in [0.2, 0.25) is 0 Å². The summed E-state index contributed by atoms with van der Waals surface area (Å²) in [5.41, 5.74) is 5.54. The van der Waals surface area contributed by atoms with Crippen molar-refractivity contribution in [2.24, 2.45) is 0 Å². The summed E-state index contributed by atoms with van der Waals surface area (Å²) in [7, 11) is 1.82. The zero-order chi connectivity index (χ0) is 13.3. The van der Waals surface area contributed by atoms with Crippen LogP contribution in [0.5, 0.6) is 0 Å². The molecule has 6 heteroatoms. The molecule has 0 bridgehead atoms. The SMILES string of the molecule is CNc1cc(N2CC(C)OC(C)(C)C2)nc(N)n1. The lowest BCUT2D eigenvalue weighted by Crippen LogP contribution is -2.52. The molecule has 0 spiro atoms. The second-order valence-electron chi connectivity index (χ2n) is 5.29. The minimum Gasteiger partial charge on any atom is -0.373 e. The molecule has 0 amide bonds. The maximum atomic E-state index is 5.88. The van der Waals surface area contributed by atoms with Gasteiger partial charge in [0.05, 0.1) is 11.7 Å². The van der Waals surface area contributed by atoms with E-state index >= 15 is 0 Å². The van der Waals surface area contributed by atoms with Crippen LogP contribution in [0.25, 0.3) is 0 Å². The number of hydrogen-bond donors (Lipinski definition) is 2. The Hall–Kier alpha value is -1.56. The molecule has 0 aliphatic carbocycles. The summed E-state index contributed by atoms with van der Waals surface area (Å²) in [6.45, 7) is 7.83. The van der Waals surface area contributed by atoms with Crippen molar-refractivity contribution in [3.63, 3.8) is 0 Å². The molecular formula is C12H21N5O. The van der Waals surface area contributed by atoms with E-state index in [2.05, 4.69) is 41.0 Å². The first kappa shape index (κ1) is 12.9. The van der Waals surface area contributed by atoms with Gasteiger partial charge in [-0.2, -0.15) is 9.97 Å². The van der Waals surface area contributed by atoms with E-state index in [1.54, 1.807) is 0 Å². The normalized spacial score (nSPS) is 22.9. The van der Waals surface area contributed by atoms with Gasteiger partial charge in [0.2, 0.25) is 5.95 Å². The third-order valence-corrected chi connectivity index (χ3v) is 2.88. The largest absolute Gasteiger partial charge is 0.373 e. The van der Waals surface area contributed by atoms with Crippen LogP contribution in [0.1, 0.15) is 20.8 Å². The Morgan fingerprint density at radius 1 is 1.50 bits per heavy atom. The van der Waals surface area contributed by atoms with Gasteiger partial charge < -0.3 is 20.7 Å². The van der Waals surface area contributed by atoms with Gasteiger partial charge in [0, 0.05) is 26.2 Å². The molecule has 100 valence electrons. The fraction of sp³-hybridized carbons (Fsp3) is 0.667. The number of nitrogens with two attached hydrogens (primary N) is 1. The molecule has 0 radical (unpaired) electrons. The van der Waals surface area contributed by atoms with Gasteiger partial charge >= 0.3 is 0 Å². The Balaban J connectivity index is 2.27. The highest BCUT2D eigenvalue weighted by molar-refractivity contribution is 5.52. The number of nitrogen functional groups attached to an aromatic ring is 1. The topological polar surface area (TPSA) is 76.3 Å². The van der Waals surface area contributed by atoms with E-state index in [1.807, 2.05) is 13.1 Å². The fourth-order valence-electron chi connectivity index (χ4n) is 2.37. The van der Waals surface area contributed by atoms with Gasteiger partial charge in [0.15, 0.2) is 0 Å².